The number of carbonyl (C=O) groups is 2. The second-order valence-electron chi connectivity index (χ2n) is 6.22. The van der Waals surface area contributed by atoms with Gasteiger partial charge in [-0.15, -0.1) is 0 Å². The summed E-state index contributed by atoms with van der Waals surface area (Å²) in [5.74, 6) is -0.293. The number of nitrogens with one attached hydrogen (secondary N) is 3. The van der Waals surface area contributed by atoms with Crippen LogP contribution >= 0.6 is 0 Å². The third kappa shape index (κ3) is 3.26. The lowest BCUT2D eigenvalue weighted by Crippen LogP contribution is -2.35. The molecule has 4 rings (SSSR count). The number of aromatic nitrogens is 3. The Kier molecular flexibility index (Phi) is 3.97. The van der Waals surface area contributed by atoms with E-state index in [-0.39, 0.29) is 6.54 Å². The molecule has 3 aromatic rings. The van der Waals surface area contributed by atoms with Crippen LogP contribution in [-0.4, -0.2) is 26.3 Å². The summed E-state index contributed by atoms with van der Waals surface area (Å²) in [5, 5.41) is 6.22. The molecule has 1 aromatic carbocycles. The van der Waals surface area contributed by atoms with Gasteiger partial charge in [0.25, 0.3) is 0 Å². The normalized spacial score (nSPS) is 13.4. The minimum Gasteiger partial charge on any atom is -0.361 e. The number of H-pyrrole nitrogens is 1. The van der Waals surface area contributed by atoms with Gasteiger partial charge in [-0.05, 0) is 37.1 Å². The molecular weight excluding hydrogens is 318 g/mol. The number of benzene rings is 1. The fourth-order valence-corrected chi connectivity index (χ4v) is 3.13. The topological polar surface area (TPSA) is 91.8 Å². The third-order valence-electron chi connectivity index (χ3n) is 4.41. The van der Waals surface area contributed by atoms with Crippen LogP contribution in [0.3, 0.4) is 0 Å². The lowest BCUT2D eigenvalue weighted by atomic mass is 10.2. The molecule has 0 radical (unpaired) electrons. The molecule has 7 nitrogen and oxygen atoms in total. The molecule has 0 saturated carbocycles. The number of hydrogen-bond donors (Lipinski definition) is 3. The van der Waals surface area contributed by atoms with Crippen LogP contribution in [0.1, 0.15) is 24.4 Å². The summed E-state index contributed by atoms with van der Waals surface area (Å²) >= 11 is 0. The molecule has 3 heterocycles. The lowest BCUT2D eigenvalue weighted by molar-refractivity contribution is -0.136. The first-order valence-corrected chi connectivity index (χ1v) is 8.40. The summed E-state index contributed by atoms with van der Waals surface area (Å²) in [4.78, 5) is 31.6. The van der Waals surface area contributed by atoms with Gasteiger partial charge in [-0.3, -0.25) is 9.59 Å². The van der Waals surface area contributed by atoms with Crippen molar-refractivity contribution in [2.45, 2.75) is 32.4 Å². The number of anilines is 1. The zero-order valence-corrected chi connectivity index (χ0v) is 13.7. The zero-order valence-electron chi connectivity index (χ0n) is 13.7. The van der Waals surface area contributed by atoms with Crippen molar-refractivity contribution in [3.63, 3.8) is 0 Å². The van der Waals surface area contributed by atoms with Crippen molar-refractivity contribution in [1.29, 1.82) is 0 Å². The Morgan fingerprint density at radius 3 is 3.00 bits per heavy atom. The number of imidazole rings is 1. The van der Waals surface area contributed by atoms with Crippen LogP contribution in [0.25, 0.3) is 10.9 Å². The monoisotopic (exact) mass is 337 g/mol. The fraction of sp³-hybridized carbons (Fsp3) is 0.278. The Hall–Kier alpha value is -3.09. The van der Waals surface area contributed by atoms with E-state index < -0.39 is 11.8 Å². The van der Waals surface area contributed by atoms with Gasteiger partial charge in [0.1, 0.15) is 5.82 Å². The maximum absolute atomic E-state index is 12.0. The molecule has 1 aliphatic heterocycles. The summed E-state index contributed by atoms with van der Waals surface area (Å²) in [6.07, 6.45) is 7.05. The van der Waals surface area contributed by atoms with Gasteiger partial charge >= 0.3 is 11.8 Å². The predicted molar refractivity (Wildman–Crippen MR) is 93.9 cm³/mol. The molecule has 0 spiro atoms. The van der Waals surface area contributed by atoms with Gasteiger partial charge in [0.15, 0.2) is 0 Å². The van der Waals surface area contributed by atoms with Crippen molar-refractivity contribution in [2.75, 3.05) is 5.32 Å². The van der Waals surface area contributed by atoms with E-state index in [1.807, 2.05) is 30.6 Å². The quantitative estimate of drug-likeness (QED) is 0.638. The summed E-state index contributed by atoms with van der Waals surface area (Å²) < 4.78 is 2.12. The maximum Gasteiger partial charge on any atom is 0.313 e. The highest BCUT2D eigenvalue weighted by Crippen LogP contribution is 2.18. The SMILES string of the molecule is O=C(NCc1cn2c(n1)CCCC2)C(=O)Nc1ccc2[nH]ccc2c1. The van der Waals surface area contributed by atoms with Crippen molar-refractivity contribution < 1.29 is 9.59 Å². The maximum atomic E-state index is 12.0. The number of aryl methyl sites for hydroxylation is 2. The molecule has 3 N–H and O–H groups in total. The lowest BCUT2D eigenvalue weighted by Gasteiger charge is -2.11. The van der Waals surface area contributed by atoms with E-state index in [4.69, 9.17) is 0 Å². The number of rotatable bonds is 3. The van der Waals surface area contributed by atoms with E-state index in [0.717, 1.165) is 48.2 Å². The Labute approximate surface area is 144 Å². The molecule has 7 heteroatoms. The Balaban J connectivity index is 1.35. The van der Waals surface area contributed by atoms with Gasteiger partial charge < -0.3 is 20.2 Å². The van der Waals surface area contributed by atoms with E-state index in [0.29, 0.717) is 5.69 Å². The van der Waals surface area contributed by atoms with E-state index in [2.05, 4.69) is 25.2 Å². The molecule has 0 bridgehead atoms. The smallest absolute Gasteiger partial charge is 0.313 e. The first-order valence-electron chi connectivity index (χ1n) is 8.40. The summed E-state index contributed by atoms with van der Waals surface area (Å²) in [6, 6.07) is 7.35. The first-order chi connectivity index (χ1) is 12.2. The summed E-state index contributed by atoms with van der Waals surface area (Å²) in [5.41, 5.74) is 2.35. The number of nitrogens with zero attached hydrogens (tertiary/aromatic N) is 2. The molecule has 2 amide bonds. The van der Waals surface area contributed by atoms with Gasteiger partial charge in [0.2, 0.25) is 0 Å². The van der Waals surface area contributed by atoms with Crippen LogP contribution in [0.15, 0.2) is 36.7 Å². The molecule has 0 aliphatic carbocycles. The van der Waals surface area contributed by atoms with Crippen LogP contribution in [0.2, 0.25) is 0 Å². The van der Waals surface area contributed by atoms with Crippen LogP contribution in [-0.2, 0) is 29.1 Å². The van der Waals surface area contributed by atoms with Gasteiger partial charge in [0.05, 0.1) is 12.2 Å². The minimum atomic E-state index is -0.682. The van der Waals surface area contributed by atoms with Crippen LogP contribution in [0.5, 0.6) is 0 Å². The molecule has 0 saturated heterocycles. The highest BCUT2D eigenvalue weighted by atomic mass is 16.2. The van der Waals surface area contributed by atoms with Crippen LogP contribution < -0.4 is 10.6 Å². The second-order valence-corrected chi connectivity index (χ2v) is 6.22. The number of aromatic amines is 1. The minimum absolute atomic E-state index is 0.253. The van der Waals surface area contributed by atoms with Gasteiger partial charge in [-0.2, -0.15) is 0 Å². The molecule has 25 heavy (non-hydrogen) atoms. The van der Waals surface area contributed by atoms with E-state index in [1.54, 1.807) is 6.07 Å². The van der Waals surface area contributed by atoms with E-state index in [9.17, 15) is 9.59 Å². The molecule has 128 valence electrons. The second kappa shape index (κ2) is 6.43. The average molecular weight is 337 g/mol. The number of amides is 2. The van der Waals surface area contributed by atoms with Gasteiger partial charge in [0, 0.05) is 41.9 Å². The number of fused-ring (bicyclic) bond motifs is 2. The van der Waals surface area contributed by atoms with Crippen molar-refractivity contribution in [2.24, 2.45) is 0 Å². The van der Waals surface area contributed by atoms with Crippen molar-refractivity contribution in [1.82, 2.24) is 19.9 Å². The van der Waals surface area contributed by atoms with Gasteiger partial charge in [-0.25, -0.2) is 4.98 Å². The van der Waals surface area contributed by atoms with Crippen LogP contribution in [0, 0.1) is 0 Å². The highest BCUT2D eigenvalue weighted by Gasteiger charge is 2.16. The Morgan fingerprint density at radius 2 is 2.12 bits per heavy atom. The number of hydrogen-bond acceptors (Lipinski definition) is 3. The fourth-order valence-electron chi connectivity index (χ4n) is 3.13. The molecule has 2 aromatic heterocycles. The zero-order chi connectivity index (χ0) is 17.2. The summed E-state index contributed by atoms with van der Waals surface area (Å²) in [6.45, 7) is 1.22. The van der Waals surface area contributed by atoms with Crippen molar-refractivity contribution in [3.8, 4) is 0 Å². The van der Waals surface area contributed by atoms with E-state index >= 15 is 0 Å². The summed E-state index contributed by atoms with van der Waals surface area (Å²) in [7, 11) is 0. The first kappa shape index (κ1) is 15.4. The number of carbonyl (C=O) groups excluding carboxylic acids is 2. The third-order valence-corrected chi connectivity index (χ3v) is 4.41. The molecule has 1 aliphatic rings. The molecular formula is C18H19N5O2. The Morgan fingerprint density at radius 1 is 1.20 bits per heavy atom. The average Bonchev–Trinajstić information content (AvgIpc) is 3.25. The predicted octanol–water partition coefficient (Wildman–Crippen LogP) is 1.96. The van der Waals surface area contributed by atoms with Crippen molar-refractivity contribution >= 4 is 28.4 Å². The standard InChI is InChI=1S/C18H19N5O2/c24-17(20-10-14-11-23-8-2-1-3-16(23)21-14)18(25)22-13-4-5-15-12(9-13)6-7-19-15/h4-7,9,11,19H,1-3,8,10H2,(H,20,24)(H,22,25). The van der Waals surface area contributed by atoms with Crippen LogP contribution in [0.4, 0.5) is 5.69 Å². The van der Waals surface area contributed by atoms with Crippen molar-refractivity contribution in [3.05, 3.63) is 48.2 Å². The Bertz CT molecular complexity index is 916. The van der Waals surface area contributed by atoms with Gasteiger partial charge in [-0.1, -0.05) is 0 Å². The van der Waals surface area contributed by atoms with E-state index in [1.165, 1.54) is 0 Å². The highest BCUT2D eigenvalue weighted by molar-refractivity contribution is 6.39. The largest absolute Gasteiger partial charge is 0.361 e. The molecule has 0 fully saturated rings. The molecule has 0 unspecified atom stereocenters. The molecule has 0 atom stereocenters.